The third-order valence-corrected chi connectivity index (χ3v) is 2.37. The van der Waals surface area contributed by atoms with E-state index >= 15 is 0 Å². The smallest absolute Gasteiger partial charge is 0.419 e. The van der Waals surface area contributed by atoms with Crippen molar-refractivity contribution < 1.29 is 23.0 Å². The number of aliphatic hydroxyl groups is 1. The molecule has 0 radical (unpaired) electrons. The predicted molar refractivity (Wildman–Crippen MR) is 56.6 cm³/mol. The van der Waals surface area contributed by atoms with Crippen molar-refractivity contribution in [3.05, 3.63) is 29.3 Å². The Balaban J connectivity index is 3.18. The first-order valence-electron chi connectivity index (χ1n) is 4.96. The van der Waals surface area contributed by atoms with Crippen LogP contribution in [-0.4, -0.2) is 18.3 Å². The molecule has 3 N–H and O–H groups in total. The summed E-state index contributed by atoms with van der Waals surface area (Å²) in [5, 5.41) is 9.65. The van der Waals surface area contributed by atoms with E-state index in [4.69, 9.17) is 5.73 Å². The Morgan fingerprint density at radius 3 is 2.35 bits per heavy atom. The van der Waals surface area contributed by atoms with E-state index < -0.39 is 23.9 Å². The first-order valence-corrected chi connectivity index (χ1v) is 4.96. The first-order chi connectivity index (χ1) is 7.77. The van der Waals surface area contributed by atoms with Gasteiger partial charge in [0.15, 0.2) is 0 Å². The van der Waals surface area contributed by atoms with Crippen LogP contribution in [0.5, 0.6) is 5.75 Å². The van der Waals surface area contributed by atoms with E-state index in [1.807, 2.05) is 0 Å². The predicted octanol–water partition coefficient (Wildman–Crippen LogP) is 2.09. The molecule has 17 heavy (non-hydrogen) atoms. The number of alkyl halides is 3. The number of ether oxygens (including phenoxy) is 1. The van der Waals surface area contributed by atoms with E-state index in [0.717, 1.165) is 19.2 Å². The molecule has 3 nitrogen and oxygen atoms in total. The lowest BCUT2D eigenvalue weighted by Crippen LogP contribution is -2.24. The van der Waals surface area contributed by atoms with E-state index in [-0.39, 0.29) is 5.75 Å². The molecule has 96 valence electrons. The Kier molecular flexibility index (Phi) is 4.00. The summed E-state index contributed by atoms with van der Waals surface area (Å²) in [5.74, 6) is -0.324. The molecule has 6 heteroatoms. The normalized spacial score (nSPS) is 15.5. The largest absolute Gasteiger partial charge is 0.496 e. The molecule has 2 atom stereocenters. The topological polar surface area (TPSA) is 55.5 Å². The molecule has 0 fully saturated rings. The molecule has 0 bridgehead atoms. The summed E-state index contributed by atoms with van der Waals surface area (Å²) in [6.45, 7) is 1.56. The van der Waals surface area contributed by atoms with E-state index in [1.54, 1.807) is 6.92 Å². The molecule has 0 unspecified atom stereocenters. The van der Waals surface area contributed by atoms with Crippen LogP contribution in [-0.2, 0) is 6.18 Å². The number of hydrogen-bond donors (Lipinski definition) is 2. The lowest BCUT2D eigenvalue weighted by Gasteiger charge is -2.18. The van der Waals surface area contributed by atoms with Crippen molar-refractivity contribution in [2.45, 2.75) is 25.2 Å². The Bertz CT molecular complexity index is 391. The molecular formula is C11H14F3NO2. The fourth-order valence-electron chi connectivity index (χ4n) is 1.43. The average molecular weight is 249 g/mol. The molecule has 0 spiro atoms. The van der Waals surface area contributed by atoms with Crippen molar-refractivity contribution >= 4 is 0 Å². The number of rotatable bonds is 3. The van der Waals surface area contributed by atoms with E-state index in [9.17, 15) is 18.3 Å². The van der Waals surface area contributed by atoms with Crippen molar-refractivity contribution in [1.82, 2.24) is 0 Å². The van der Waals surface area contributed by atoms with Crippen molar-refractivity contribution in [2.75, 3.05) is 7.11 Å². The van der Waals surface area contributed by atoms with Gasteiger partial charge in [-0.15, -0.1) is 0 Å². The number of benzene rings is 1. The van der Waals surface area contributed by atoms with Gasteiger partial charge in [-0.25, -0.2) is 0 Å². The summed E-state index contributed by atoms with van der Waals surface area (Å²) in [6, 6.07) is 2.65. The molecule has 1 aromatic carbocycles. The van der Waals surface area contributed by atoms with Crippen LogP contribution < -0.4 is 10.5 Å². The molecule has 0 heterocycles. The van der Waals surface area contributed by atoms with Gasteiger partial charge < -0.3 is 15.6 Å². The molecule has 0 aliphatic rings. The third kappa shape index (κ3) is 3.10. The lowest BCUT2D eigenvalue weighted by atomic mass is 10.0. The van der Waals surface area contributed by atoms with E-state index in [1.165, 1.54) is 6.07 Å². The van der Waals surface area contributed by atoms with Crippen molar-refractivity contribution in [3.63, 3.8) is 0 Å². The van der Waals surface area contributed by atoms with Crippen LogP contribution in [0.15, 0.2) is 18.2 Å². The van der Waals surface area contributed by atoms with Gasteiger partial charge >= 0.3 is 6.18 Å². The zero-order chi connectivity index (χ0) is 13.2. The van der Waals surface area contributed by atoms with Gasteiger partial charge in [0, 0.05) is 6.04 Å². The zero-order valence-corrected chi connectivity index (χ0v) is 9.45. The second kappa shape index (κ2) is 4.93. The van der Waals surface area contributed by atoms with E-state index in [2.05, 4.69) is 4.74 Å². The SMILES string of the molecule is COc1cc([C@H](O)[C@@H](C)N)ccc1C(F)(F)F. The van der Waals surface area contributed by atoms with Gasteiger partial charge in [0.05, 0.1) is 18.8 Å². The van der Waals surface area contributed by atoms with Gasteiger partial charge in [0.25, 0.3) is 0 Å². The summed E-state index contributed by atoms with van der Waals surface area (Å²) in [4.78, 5) is 0. The lowest BCUT2D eigenvalue weighted by molar-refractivity contribution is -0.138. The van der Waals surface area contributed by atoms with Gasteiger partial charge in [0.1, 0.15) is 5.75 Å². The van der Waals surface area contributed by atoms with Gasteiger partial charge in [0.2, 0.25) is 0 Å². The highest BCUT2D eigenvalue weighted by Gasteiger charge is 2.34. The maximum Gasteiger partial charge on any atom is 0.419 e. The molecule has 0 aromatic heterocycles. The van der Waals surface area contributed by atoms with Crippen LogP contribution in [0.25, 0.3) is 0 Å². The average Bonchev–Trinajstić information content (AvgIpc) is 2.25. The van der Waals surface area contributed by atoms with Crippen molar-refractivity contribution in [3.8, 4) is 5.75 Å². The second-order valence-corrected chi connectivity index (χ2v) is 3.76. The molecule has 0 aliphatic carbocycles. The summed E-state index contributed by atoms with van der Waals surface area (Å²) < 4.78 is 42.3. The fourth-order valence-corrected chi connectivity index (χ4v) is 1.43. The molecule has 0 amide bonds. The Labute approximate surface area is 97.0 Å². The Morgan fingerprint density at radius 1 is 1.35 bits per heavy atom. The fraction of sp³-hybridized carbons (Fsp3) is 0.455. The maximum absolute atomic E-state index is 12.6. The van der Waals surface area contributed by atoms with Gasteiger partial charge in [-0.3, -0.25) is 0 Å². The Hall–Kier alpha value is -1.27. The first kappa shape index (κ1) is 13.8. The van der Waals surface area contributed by atoms with Gasteiger partial charge in [-0.1, -0.05) is 6.07 Å². The van der Waals surface area contributed by atoms with Gasteiger partial charge in [-0.2, -0.15) is 13.2 Å². The molecular weight excluding hydrogens is 235 g/mol. The summed E-state index contributed by atoms with van der Waals surface area (Å²) in [7, 11) is 1.15. The minimum Gasteiger partial charge on any atom is -0.496 e. The zero-order valence-electron chi connectivity index (χ0n) is 9.45. The number of nitrogens with two attached hydrogens (primary N) is 1. The maximum atomic E-state index is 12.6. The quantitative estimate of drug-likeness (QED) is 0.862. The Morgan fingerprint density at radius 2 is 1.94 bits per heavy atom. The minimum atomic E-state index is -4.48. The highest BCUT2D eigenvalue weighted by Crippen LogP contribution is 2.37. The van der Waals surface area contributed by atoms with Crippen LogP contribution in [0.2, 0.25) is 0 Å². The van der Waals surface area contributed by atoms with Crippen LogP contribution in [0.1, 0.15) is 24.2 Å². The summed E-state index contributed by atoms with van der Waals surface area (Å²) >= 11 is 0. The number of aliphatic hydroxyl groups excluding tert-OH is 1. The minimum absolute atomic E-state index is 0.296. The van der Waals surface area contributed by atoms with Crippen LogP contribution in [0.4, 0.5) is 13.2 Å². The number of halogens is 3. The molecule has 0 aliphatic heterocycles. The number of hydrogen-bond acceptors (Lipinski definition) is 3. The highest BCUT2D eigenvalue weighted by molar-refractivity contribution is 5.40. The monoisotopic (exact) mass is 249 g/mol. The van der Waals surface area contributed by atoms with Crippen LogP contribution in [0.3, 0.4) is 0 Å². The number of methoxy groups -OCH3 is 1. The second-order valence-electron chi connectivity index (χ2n) is 3.76. The van der Waals surface area contributed by atoms with Crippen LogP contribution >= 0.6 is 0 Å². The molecule has 1 rings (SSSR count). The van der Waals surface area contributed by atoms with Crippen molar-refractivity contribution in [1.29, 1.82) is 0 Å². The highest BCUT2D eigenvalue weighted by atomic mass is 19.4. The van der Waals surface area contributed by atoms with E-state index in [0.29, 0.717) is 5.56 Å². The third-order valence-electron chi connectivity index (χ3n) is 2.37. The summed E-state index contributed by atoms with van der Waals surface area (Å²) in [5.41, 5.74) is 4.89. The molecule has 0 saturated heterocycles. The van der Waals surface area contributed by atoms with Crippen molar-refractivity contribution in [2.24, 2.45) is 5.73 Å². The van der Waals surface area contributed by atoms with Crippen LogP contribution in [0, 0.1) is 0 Å². The standard InChI is InChI=1S/C11H14F3NO2/c1-6(15)10(16)7-3-4-8(11(12,13)14)9(5-7)17-2/h3-6,10,16H,15H2,1-2H3/t6-,10-/m1/s1. The molecule has 0 saturated carbocycles. The van der Waals surface area contributed by atoms with Gasteiger partial charge in [-0.05, 0) is 24.6 Å². The summed E-state index contributed by atoms with van der Waals surface area (Å²) in [6.07, 6.45) is -5.51. The molecule has 1 aromatic rings.